The van der Waals surface area contributed by atoms with E-state index in [4.69, 9.17) is 0 Å². The molecule has 106 valence electrons. The Labute approximate surface area is 114 Å². The molecule has 0 radical (unpaired) electrons. The van der Waals surface area contributed by atoms with Crippen LogP contribution < -0.4 is 5.32 Å². The molecule has 0 fully saturated rings. The van der Waals surface area contributed by atoms with Crippen molar-refractivity contribution in [2.45, 2.75) is 19.4 Å². The van der Waals surface area contributed by atoms with Crippen LogP contribution in [0.3, 0.4) is 0 Å². The van der Waals surface area contributed by atoms with Gasteiger partial charge >= 0.3 is 0 Å². The van der Waals surface area contributed by atoms with E-state index in [1.165, 1.54) is 6.07 Å². The summed E-state index contributed by atoms with van der Waals surface area (Å²) in [6.45, 7) is 1.84. The third-order valence-corrected chi connectivity index (χ3v) is 3.06. The molecule has 0 aliphatic rings. The van der Waals surface area contributed by atoms with Crippen molar-refractivity contribution in [2.24, 2.45) is 0 Å². The third kappa shape index (κ3) is 2.87. The smallest absolute Gasteiger partial charge is 0.161 e. The van der Waals surface area contributed by atoms with E-state index >= 15 is 0 Å². The molecule has 5 heteroatoms. The maximum atomic E-state index is 13.6. The molecule has 0 aromatic heterocycles. The van der Waals surface area contributed by atoms with E-state index in [0.29, 0.717) is 18.1 Å². The molecule has 20 heavy (non-hydrogen) atoms. The van der Waals surface area contributed by atoms with Crippen LogP contribution in [0.4, 0.5) is 18.9 Å². The largest absolute Gasteiger partial charge is 0.508 e. The molecule has 0 bridgehead atoms. The molecule has 1 atom stereocenters. The number of rotatable bonds is 4. The van der Waals surface area contributed by atoms with Crippen LogP contribution in [-0.4, -0.2) is 5.11 Å². The van der Waals surface area contributed by atoms with E-state index in [-0.39, 0.29) is 11.4 Å². The zero-order valence-electron chi connectivity index (χ0n) is 10.8. The van der Waals surface area contributed by atoms with Crippen molar-refractivity contribution in [1.29, 1.82) is 0 Å². The topological polar surface area (TPSA) is 32.3 Å². The van der Waals surface area contributed by atoms with Gasteiger partial charge in [0, 0.05) is 17.7 Å². The van der Waals surface area contributed by atoms with Crippen LogP contribution in [0.15, 0.2) is 36.4 Å². The molecule has 2 N–H and O–H groups in total. The van der Waals surface area contributed by atoms with Crippen molar-refractivity contribution in [3.63, 3.8) is 0 Å². The maximum absolute atomic E-state index is 13.6. The number of phenols is 1. The Morgan fingerprint density at radius 2 is 1.70 bits per heavy atom. The average molecular weight is 281 g/mol. The van der Waals surface area contributed by atoms with E-state index in [9.17, 15) is 18.3 Å². The first-order valence-corrected chi connectivity index (χ1v) is 6.22. The van der Waals surface area contributed by atoms with Gasteiger partial charge in [0.25, 0.3) is 0 Å². The number of phenolic OH excluding ortho intramolecular Hbond substituents is 1. The van der Waals surface area contributed by atoms with Crippen LogP contribution in [-0.2, 0) is 0 Å². The summed E-state index contributed by atoms with van der Waals surface area (Å²) >= 11 is 0. The third-order valence-electron chi connectivity index (χ3n) is 3.06. The van der Waals surface area contributed by atoms with Crippen molar-refractivity contribution >= 4 is 5.69 Å². The minimum absolute atomic E-state index is 0.0647. The van der Waals surface area contributed by atoms with Crippen LogP contribution in [0, 0.1) is 17.5 Å². The molecular weight excluding hydrogens is 267 g/mol. The second-order valence-corrected chi connectivity index (χ2v) is 4.41. The normalized spacial score (nSPS) is 12.2. The summed E-state index contributed by atoms with van der Waals surface area (Å²) < 4.78 is 39.7. The fourth-order valence-electron chi connectivity index (χ4n) is 2.00. The Morgan fingerprint density at radius 1 is 1.05 bits per heavy atom. The summed E-state index contributed by atoms with van der Waals surface area (Å²) in [6, 6.07) is 7.47. The molecule has 0 saturated carbocycles. The molecule has 0 heterocycles. The first-order valence-electron chi connectivity index (χ1n) is 6.22. The highest BCUT2D eigenvalue weighted by molar-refractivity contribution is 5.49. The number of benzene rings is 2. The molecule has 2 rings (SSSR count). The number of anilines is 1. The van der Waals surface area contributed by atoms with Crippen molar-refractivity contribution in [3.8, 4) is 5.75 Å². The zero-order valence-corrected chi connectivity index (χ0v) is 10.8. The predicted molar refractivity (Wildman–Crippen MR) is 71.1 cm³/mol. The zero-order chi connectivity index (χ0) is 14.7. The Hall–Kier alpha value is -2.17. The van der Waals surface area contributed by atoms with Gasteiger partial charge < -0.3 is 10.4 Å². The molecule has 0 aliphatic heterocycles. The summed E-state index contributed by atoms with van der Waals surface area (Å²) in [7, 11) is 0. The second kappa shape index (κ2) is 5.86. The monoisotopic (exact) mass is 281 g/mol. The van der Waals surface area contributed by atoms with Crippen LogP contribution in [0.25, 0.3) is 0 Å². The van der Waals surface area contributed by atoms with Gasteiger partial charge in [0.05, 0.1) is 11.7 Å². The SMILES string of the molecule is CCC(Nc1cc(F)c(F)cc1F)c1ccccc1O. The molecule has 0 saturated heterocycles. The lowest BCUT2D eigenvalue weighted by Crippen LogP contribution is -2.11. The summed E-state index contributed by atoms with van der Waals surface area (Å²) in [5, 5.41) is 12.6. The number of hydrogen-bond donors (Lipinski definition) is 2. The fraction of sp³-hybridized carbons (Fsp3) is 0.200. The number of nitrogens with one attached hydrogen (secondary N) is 1. The van der Waals surface area contributed by atoms with Crippen molar-refractivity contribution < 1.29 is 18.3 Å². The van der Waals surface area contributed by atoms with Gasteiger partial charge in [-0.1, -0.05) is 25.1 Å². The van der Waals surface area contributed by atoms with Gasteiger partial charge in [0.15, 0.2) is 11.6 Å². The molecule has 2 aromatic rings. The highest BCUT2D eigenvalue weighted by Crippen LogP contribution is 2.30. The lowest BCUT2D eigenvalue weighted by Gasteiger charge is -2.20. The number of hydrogen-bond acceptors (Lipinski definition) is 2. The van der Waals surface area contributed by atoms with E-state index in [0.717, 1.165) is 6.07 Å². The number of para-hydroxylation sites is 1. The van der Waals surface area contributed by atoms with Crippen molar-refractivity contribution in [1.82, 2.24) is 0 Å². The van der Waals surface area contributed by atoms with Gasteiger partial charge in [0.2, 0.25) is 0 Å². The first-order chi connectivity index (χ1) is 9.52. The van der Waals surface area contributed by atoms with Gasteiger partial charge in [-0.3, -0.25) is 0 Å². The van der Waals surface area contributed by atoms with E-state index in [1.807, 2.05) is 6.92 Å². The molecule has 0 amide bonds. The standard InChI is InChI=1S/C15H14F3NO/c1-2-13(9-5-3-4-6-15(9)20)19-14-8-11(17)10(16)7-12(14)18/h3-8,13,19-20H,2H2,1H3. The molecule has 1 unspecified atom stereocenters. The molecule has 2 nitrogen and oxygen atoms in total. The van der Waals surface area contributed by atoms with Crippen LogP contribution in [0.5, 0.6) is 5.75 Å². The number of halogens is 3. The van der Waals surface area contributed by atoms with Gasteiger partial charge in [-0.25, -0.2) is 13.2 Å². The predicted octanol–water partition coefficient (Wildman–Crippen LogP) is 4.37. The average Bonchev–Trinajstić information content (AvgIpc) is 2.42. The Bertz CT molecular complexity index is 616. The molecule has 2 aromatic carbocycles. The summed E-state index contributed by atoms with van der Waals surface area (Å²) in [6.07, 6.45) is 0.538. The van der Waals surface area contributed by atoms with E-state index in [2.05, 4.69) is 5.32 Å². The highest BCUT2D eigenvalue weighted by Gasteiger charge is 2.16. The summed E-state index contributed by atoms with van der Waals surface area (Å²) in [5.74, 6) is -3.17. The molecule has 0 aliphatic carbocycles. The quantitative estimate of drug-likeness (QED) is 0.815. The molecular formula is C15H14F3NO. The lowest BCUT2D eigenvalue weighted by molar-refractivity contribution is 0.462. The van der Waals surface area contributed by atoms with Gasteiger partial charge in [-0.15, -0.1) is 0 Å². The van der Waals surface area contributed by atoms with Gasteiger partial charge in [-0.2, -0.15) is 0 Å². The van der Waals surface area contributed by atoms with E-state index < -0.39 is 23.5 Å². The lowest BCUT2D eigenvalue weighted by atomic mass is 10.0. The van der Waals surface area contributed by atoms with Gasteiger partial charge in [0.1, 0.15) is 11.6 Å². The van der Waals surface area contributed by atoms with E-state index in [1.54, 1.807) is 18.2 Å². The Kier molecular flexibility index (Phi) is 4.17. The maximum Gasteiger partial charge on any atom is 0.161 e. The highest BCUT2D eigenvalue weighted by atomic mass is 19.2. The summed E-state index contributed by atoms with van der Waals surface area (Å²) in [4.78, 5) is 0. The summed E-state index contributed by atoms with van der Waals surface area (Å²) in [5.41, 5.74) is 0.429. The first kappa shape index (κ1) is 14.2. The Morgan fingerprint density at radius 3 is 2.35 bits per heavy atom. The minimum Gasteiger partial charge on any atom is -0.508 e. The number of aromatic hydroxyl groups is 1. The van der Waals surface area contributed by atoms with Crippen LogP contribution >= 0.6 is 0 Å². The van der Waals surface area contributed by atoms with Crippen molar-refractivity contribution in [3.05, 3.63) is 59.4 Å². The Balaban J connectivity index is 2.32. The second-order valence-electron chi connectivity index (χ2n) is 4.41. The minimum atomic E-state index is -1.23. The van der Waals surface area contributed by atoms with Crippen LogP contribution in [0.2, 0.25) is 0 Å². The van der Waals surface area contributed by atoms with Crippen molar-refractivity contribution in [2.75, 3.05) is 5.32 Å². The molecule has 0 spiro atoms. The van der Waals surface area contributed by atoms with Crippen LogP contribution in [0.1, 0.15) is 24.9 Å². The van der Waals surface area contributed by atoms with Gasteiger partial charge in [-0.05, 0) is 12.5 Å². The fourth-order valence-corrected chi connectivity index (χ4v) is 2.00.